The number of benzene rings is 2. The Morgan fingerprint density at radius 1 is 1.13 bits per heavy atom. The number of H-pyrrole nitrogens is 2. The van der Waals surface area contributed by atoms with Crippen LogP contribution in [0, 0.1) is 15.0 Å². The van der Waals surface area contributed by atoms with Gasteiger partial charge in [-0.15, -0.1) is 0 Å². The topological polar surface area (TPSA) is 110 Å². The molecule has 3 aromatic rings. The first-order valence-electron chi connectivity index (χ1n) is 9.56. The van der Waals surface area contributed by atoms with Gasteiger partial charge in [-0.1, -0.05) is 6.07 Å². The Balaban J connectivity index is 1.36. The minimum Gasteiger partial charge on any atom is -0.473 e. The number of nitrogens with one attached hydrogen (secondary N) is 4. The van der Waals surface area contributed by atoms with Crippen LogP contribution in [0.2, 0.25) is 0 Å². The second-order valence-electron chi connectivity index (χ2n) is 7.45. The van der Waals surface area contributed by atoms with Crippen molar-refractivity contribution in [3.05, 3.63) is 58.1 Å². The van der Waals surface area contributed by atoms with Gasteiger partial charge in [-0.2, -0.15) is 0 Å². The molecule has 1 amide bonds. The minimum absolute atomic E-state index is 0.191. The highest BCUT2D eigenvalue weighted by Gasteiger charge is 2.41. The molecule has 1 unspecified atom stereocenters. The van der Waals surface area contributed by atoms with Gasteiger partial charge >= 0.3 is 0 Å². The van der Waals surface area contributed by atoms with Crippen molar-refractivity contribution < 1.29 is 14.6 Å². The van der Waals surface area contributed by atoms with E-state index in [0.717, 1.165) is 17.1 Å². The number of hydrogen-bond donors (Lipinski definition) is 5. The number of hydrogen-bond acceptors (Lipinski definition) is 7. The first-order valence-corrected chi connectivity index (χ1v) is 10.4. The number of aliphatic hydroxyl groups excluding tert-OH is 1. The van der Waals surface area contributed by atoms with Gasteiger partial charge in [-0.25, -0.2) is 0 Å². The van der Waals surface area contributed by atoms with Gasteiger partial charge in [0.15, 0.2) is 16.3 Å². The second kappa shape index (κ2) is 8.53. The van der Waals surface area contributed by atoms with E-state index in [1.165, 1.54) is 0 Å². The van der Waals surface area contributed by atoms with Crippen LogP contribution in [0.25, 0.3) is 5.69 Å². The van der Waals surface area contributed by atoms with Crippen LogP contribution in [-0.2, 0) is 4.79 Å². The molecule has 0 spiro atoms. The maximum atomic E-state index is 12.0. The molecule has 5 N–H and O–H groups in total. The highest BCUT2D eigenvalue weighted by molar-refractivity contribution is 7.72. The average Bonchev–Trinajstić information content (AvgIpc) is 3.27. The highest BCUT2D eigenvalue weighted by atomic mass is 32.1. The molecule has 1 atom stereocenters. The number of aliphatic hydroxyl groups is 1. The summed E-state index contributed by atoms with van der Waals surface area (Å²) >= 11 is 10.5. The smallest absolute Gasteiger partial charge is 0.248 e. The molecule has 31 heavy (non-hydrogen) atoms. The van der Waals surface area contributed by atoms with Crippen LogP contribution in [0.5, 0.6) is 5.75 Å². The van der Waals surface area contributed by atoms with Crippen LogP contribution in [0.15, 0.2) is 48.5 Å². The molecule has 0 saturated carbocycles. The van der Waals surface area contributed by atoms with Gasteiger partial charge in [0.1, 0.15) is 5.75 Å². The molecule has 162 valence electrons. The number of ether oxygens (including phenoxy) is 1. The first kappa shape index (κ1) is 21.1. The van der Waals surface area contributed by atoms with E-state index in [1.807, 2.05) is 48.5 Å². The minimum atomic E-state index is -0.803. The summed E-state index contributed by atoms with van der Waals surface area (Å²) in [6.07, 6.45) is 0. The molecule has 0 radical (unpaired) electrons. The largest absolute Gasteiger partial charge is 0.473 e. The third kappa shape index (κ3) is 4.33. The molecule has 11 heteroatoms. The van der Waals surface area contributed by atoms with E-state index in [-0.39, 0.29) is 19.2 Å². The zero-order valence-corrected chi connectivity index (χ0v) is 18.3. The van der Waals surface area contributed by atoms with Crippen molar-refractivity contribution in [3.63, 3.8) is 0 Å². The Bertz CT molecular complexity index is 1170. The third-order valence-corrected chi connectivity index (χ3v) is 5.66. The summed E-state index contributed by atoms with van der Waals surface area (Å²) in [5.74, 6) is 0.488. The normalized spacial score (nSPS) is 18.1. The Morgan fingerprint density at radius 3 is 2.48 bits per heavy atom. The number of carbonyl (C=O) groups is 1. The maximum Gasteiger partial charge on any atom is 0.248 e. The molecule has 0 aliphatic carbocycles. The van der Waals surface area contributed by atoms with Crippen LogP contribution < -0.4 is 20.5 Å². The highest BCUT2D eigenvalue weighted by Crippen LogP contribution is 2.28. The first-order chi connectivity index (χ1) is 14.9. The Morgan fingerprint density at radius 2 is 1.84 bits per heavy atom. The van der Waals surface area contributed by atoms with Crippen LogP contribution in [0.4, 0.5) is 11.4 Å². The number of hydrazine groups is 1. The molecule has 1 fully saturated rings. The van der Waals surface area contributed by atoms with E-state index < -0.39 is 5.41 Å². The fourth-order valence-corrected chi connectivity index (χ4v) is 3.77. The summed E-state index contributed by atoms with van der Waals surface area (Å²) < 4.78 is 8.49. The molecule has 2 heterocycles. The van der Waals surface area contributed by atoms with Gasteiger partial charge in [-0.05, 0) is 73.8 Å². The lowest BCUT2D eigenvalue weighted by molar-refractivity contribution is -0.128. The number of amides is 1. The summed E-state index contributed by atoms with van der Waals surface area (Å²) in [6.45, 7) is 2.19. The van der Waals surface area contributed by atoms with E-state index in [9.17, 15) is 9.90 Å². The van der Waals surface area contributed by atoms with Crippen molar-refractivity contribution >= 4 is 41.7 Å². The Hall–Kier alpha value is -3.15. The molecule has 1 aliphatic rings. The van der Waals surface area contributed by atoms with Crippen molar-refractivity contribution in [2.24, 2.45) is 5.41 Å². The maximum absolute atomic E-state index is 12.0. The van der Waals surface area contributed by atoms with E-state index in [2.05, 4.69) is 20.9 Å². The molecule has 9 nitrogen and oxygen atoms in total. The molecular weight excluding hydrogens is 436 g/mol. The second-order valence-corrected chi connectivity index (χ2v) is 8.22. The number of rotatable bonds is 7. The standard InChI is InChI=1S/C20H22N6O3S2/c1-20(11-27)10-25(24-17(20)28)14-5-7-16(8-6-14)29-12-21-13-3-2-4-15(9-13)26-18(30)22-23-19(26)31/h2-9,21,27H,10-12H2,1H3,(H,22,30)(H,23,31)(H,24,28). The van der Waals surface area contributed by atoms with Crippen molar-refractivity contribution in [3.8, 4) is 11.4 Å². The lowest BCUT2D eigenvalue weighted by Gasteiger charge is -2.20. The third-order valence-electron chi connectivity index (χ3n) is 5.09. The number of aromatic amines is 2. The van der Waals surface area contributed by atoms with Crippen LogP contribution >= 0.6 is 24.4 Å². The number of anilines is 2. The number of carbonyl (C=O) groups excluding carboxylic acids is 1. The van der Waals surface area contributed by atoms with Crippen LogP contribution in [-0.4, -0.2) is 45.7 Å². The van der Waals surface area contributed by atoms with Crippen molar-refractivity contribution in [1.82, 2.24) is 20.2 Å². The Kier molecular flexibility index (Phi) is 5.81. The molecular formula is C20H22N6O3S2. The number of nitrogens with zero attached hydrogens (tertiary/aromatic N) is 2. The zero-order valence-electron chi connectivity index (χ0n) is 16.7. The van der Waals surface area contributed by atoms with Gasteiger partial charge < -0.3 is 15.2 Å². The molecule has 1 saturated heterocycles. The van der Waals surface area contributed by atoms with Crippen molar-refractivity contribution in [2.45, 2.75) is 6.92 Å². The SMILES string of the molecule is CC1(CO)CN(c2ccc(OCNc3cccc(-n4c(=S)[nH][nH]c4=S)c3)cc2)NC1=O. The summed E-state index contributed by atoms with van der Waals surface area (Å²) in [6, 6.07) is 15.0. The van der Waals surface area contributed by atoms with E-state index in [4.69, 9.17) is 29.2 Å². The van der Waals surface area contributed by atoms with E-state index in [1.54, 1.807) is 16.5 Å². The summed E-state index contributed by atoms with van der Waals surface area (Å²) in [4.78, 5) is 12.0. The predicted molar refractivity (Wildman–Crippen MR) is 122 cm³/mol. The summed E-state index contributed by atoms with van der Waals surface area (Å²) in [7, 11) is 0. The van der Waals surface area contributed by atoms with Gasteiger partial charge in [0.05, 0.1) is 29.9 Å². The fraction of sp³-hybridized carbons (Fsp3) is 0.250. The van der Waals surface area contributed by atoms with E-state index in [0.29, 0.717) is 21.8 Å². The summed E-state index contributed by atoms with van der Waals surface area (Å²) in [5.41, 5.74) is 4.49. The number of aromatic nitrogens is 3. The zero-order chi connectivity index (χ0) is 22.0. The van der Waals surface area contributed by atoms with Gasteiger partial charge in [0, 0.05) is 5.69 Å². The van der Waals surface area contributed by atoms with Gasteiger partial charge in [0.2, 0.25) is 5.91 Å². The monoisotopic (exact) mass is 458 g/mol. The molecule has 0 bridgehead atoms. The van der Waals surface area contributed by atoms with E-state index >= 15 is 0 Å². The molecule has 1 aliphatic heterocycles. The Labute approximate surface area is 188 Å². The van der Waals surface area contributed by atoms with Crippen molar-refractivity contribution in [2.75, 3.05) is 30.2 Å². The lowest BCUT2D eigenvalue weighted by atomic mass is 9.92. The summed E-state index contributed by atoms with van der Waals surface area (Å²) in [5, 5.41) is 20.0. The molecule has 2 aromatic carbocycles. The molecule has 4 rings (SSSR count). The van der Waals surface area contributed by atoms with Crippen LogP contribution in [0.1, 0.15) is 6.92 Å². The fourth-order valence-electron chi connectivity index (χ4n) is 3.22. The molecule has 1 aromatic heterocycles. The van der Waals surface area contributed by atoms with Gasteiger partial charge in [0.25, 0.3) is 0 Å². The average molecular weight is 459 g/mol. The van der Waals surface area contributed by atoms with Crippen molar-refractivity contribution in [1.29, 1.82) is 0 Å². The quantitative estimate of drug-likeness (QED) is 0.274. The lowest BCUT2D eigenvalue weighted by Crippen LogP contribution is -2.34. The van der Waals surface area contributed by atoms with Gasteiger partial charge in [-0.3, -0.25) is 30.0 Å². The van der Waals surface area contributed by atoms with Crippen LogP contribution in [0.3, 0.4) is 0 Å². The predicted octanol–water partition coefficient (Wildman–Crippen LogP) is 2.89.